The molecule has 1 unspecified atom stereocenters. The highest BCUT2D eigenvalue weighted by Gasteiger charge is 2.21. The zero-order valence-corrected chi connectivity index (χ0v) is 16.8. The fourth-order valence-electron chi connectivity index (χ4n) is 3.47. The number of anilines is 1. The van der Waals surface area contributed by atoms with Crippen molar-refractivity contribution in [1.82, 2.24) is 4.98 Å². The van der Waals surface area contributed by atoms with Gasteiger partial charge in [-0.05, 0) is 79.7 Å². The lowest BCUT2D eigenvalue weighted by Gasteiger charge is -2.24. The highest BCUT2D eigenvalue weighted by molar-refractivity contribution is 7.99. The van der Waals surface area contributed by atoms with Crippen LogP contribution in [-0.2, 0) is 22.4 Å². The molecule has 27 heavy (non-hydrogen) atoms. The number of nitrogens with one attached hydrogen (secondary N) is 1. The average Bonchev–Trinajstić information content (AvgIpc) is 2.69. The van der Waals surface area contributed by atoms with Gasteiger partial charge in [-0.25, -0.2) is 4.98 Å². The van der Waals surface area contributed by atoms with E-state index in [2.05, 4.69) is 28.5 Å². The van der Waals surface area contributed by atoms with Crippen LogP contribution in [0, 0.1) is 5.92 Å². The summed E-state index contributed by atoms with van der Waals surface area (Å²) in [5.41, 5.74) is 2.85. The summed E-state index contributed by atoms with van der Waals surface area (Å²) in [5, 5.41) is 3.35. The quantitative estimate of drug-likeness (QED) is 0.385. The normalized spacial score (nSPS) is 15.8. The van der Waals surface area contributed by atoms with E-state index in [9.17, 15) is 4.79 Å². The maximum Gasteiger partial charge on any atom is 0.306 e. The first-order valence-electron chi connectivity index (χ1n) is 9.79. The van der Waals surface area contributed by atoms with Crippen LogP contribution in [0.25, 0.3) is 0 Å². The molecular formula is C22H28N2O2S. The summed E-state index contributed by atoms with van der Waals surface area (Å²) in [4.78, 5) is 17.3. The van der Waals surface area contributed by atoms with Gasteiger partial charge in [-0.15, -0.1) is 11.8 Å². The van der Waals surface area contributed by atoms with Crippen molar-refractivity contribution in [2.45, 2.75) is 43.9 Å². The maximum atomic E-state index is 11.7. The number of rotatable bonds is 9. The van der Waals surface area contributed by atoms with Gasteiger partial charge in [-0.3, -0.25) is 4.79 Å². The van der Waals surface area contributed by atoms with Gasteiger partial charge in [0, 0.05) is 24.1 Å². The third-order valence-corrected chi connectivity index (χ3v) is 5.91. The molecule has 0 spiro atoms. The van der Waals surface area contributed by atoms with Crippen LogP contribution in [-0.4, -0.2) is 29.9 Å². The summed E-state index contributed by atoms with van der Waals surface area (Å²) < 4.78 is 5.09. The third-order valence-electron chi connectivity index (χ3n) is 4.83. The van der Waals surface area contributed by atoms with E-state index < -0.39 is 0 Å². The second-order valence-corrected chi connectivity index (χ2v) is 8.06. The average molecular weight is 385 g/mol. The van der Waals surface area contributed by atoms with Gasteiger partial charge in [-0.2, -0.15) is 0 Å². The molecule has 0 aliphatic heterocycles. The minimum Gasteiger partial charge on any atom is -0.466 e. The van der Waals surface area contributed by atoms with Crippen LogP contribution < -0.4 is 5.32 Å². The number of thioether (sulfide) groups is 1. The summed E-state index contributed by atoms with van der Waals surface area (Å²) in [6.45, 7) is 3.27. The number of aryl methyl sites for hydroxylation is 1. The minimum atomic E-state index is -0.0579. The first-order chi connectivity index (χ1) is 13.2. The summed E-state index contributed by atoms with van der Waals surface area (Å²) >= 11 is 1.91. The SMILES string of the molecule is CCOC(=O)CC1CCc2cc(SCCCNc3ccccn3)ccc2C1. The Morgan fingerprint density at radius 1 is 1.30 bits per heavy atom. The number of carbonyl (C=O) groups is 1. The summed E-state index contributed by atoms with van der Waals surface area (Å²) in [5.74, 6) is 2.39. The summed E-state index contributed by atoms with van der Waals surface area (Å²) in [7, 11) is 0. The molecule has 4 nitrogen and oxygen atoms in total. The summed E-state index contributed by atoms with van der Waals surface area (Å²) in [6, 6.07) is 12.7. The highest BCUT2D eigenvalue weighted by Crippen LogP contribution is 2.31. The van der Waals surface area contributed by atoms with E-state index in [1.54, 1.807) is 0 Å². The van der Waals surface area contributed by atoms with E-state index in [0.29, 0.717) is 18.9 Å². The van der Waals surface area contributed by atoms with Crippen LogP contribution in [0.1, 0.15) is 37.3 Å². The number of esters is 1. The van der Waals surface area contributed by atoms with E-state index in [4.69, 9.17) is 4.74 Å². The van der Waals surface area contributed by atoms with Gasteiger partial charge in [0.05, 0.1) is 6.61 Å². The zero-order valence-electron chi connectivity index (χ0n) is 15.9. The van der Waals surface area contributed by atoms with Crippen molar-refractivity contribution in [2.75, 3.05) is 24.2 Å². The molecule has 3 rings (SSSR count). The van der Waals surface area contributed by atoms with Crippen molar-refractivity contribution >= 4 is 23.5 Å². The fraction of sp³-hybridized carbons (Fsp3) is 0.455. The van der Waals surface area contributed by atoms with Crippen molar-refractivity contribution in [3.05, 3.63) is 53.7 Å². The fourth-order valence-corrected chi connectivity index (χ4v) is 4.39. The van der Waals surface area contributed by atoms with Gasteiger partial charge < -0.3 is 10.1 Å². The van der Waals surface area contributed by atoms with Gasteiger partial charge in [0.2, 0.25) is 0 Å². The number of benzene rings is 1. The van der Waals surface area contributed by atoms with Crippen LogP contribution in [0.2, 0.25) is 0 Å². The van der Waals surface area contributed by atoms with Crippen LogP contribution >= 0.6 is 11.8 Å². The predicted molar refractivity (Wildman–Crippen MR) is 111 cm³/mol. The Bertz CT molecular complexity index is 736. The molecule has 0 radical (unpaired) electrons. The summed E-state index contributed by atoms with van der Waals surface area (Å²) in [6.07, 6.45) is 6.59. The molecule has 1 aromatic heterocycles. The van der Waals surface area contributed by atoms with Crippen molar-refractivity contribution in [3.8, 4) is 0 Å². The number of aromatic nitrogens is 1. The number of hydrogen-bond acceptors (Lipinski definition) is 5. The van der Waals surface area contributed by atoms with Gasteiger partial charge >= 0.3 is 5.97 Å². The minimum absolute atomic E-state index is 0.0579. The Labute approximate surface area is 166 Å². The second kappa shape index (κ2) is 10.4. The molecule has 1 N–H and O–H groups in total. The largest absolute Gasteiger partial charge is 0.466 e. The van der Waals surface area contributed by atoms with Crippen LogP contribution in [0.15, 0.2) is 47.5 Å². The van der Waals surface area contributed by atoms with Crippen molar-refractivity contribution < 1.29 is 9.53 Å². The Morgan fingerprint density at radius 3 is 3.04 bits per heavy atom. The van der Waals surface area contributed by atoms with Crippen molar-refractivity contribution in [1.29, 1.82) is 0 Å². The van der Waals surface area contributed by atoms with Gasteiger partial charge in [0.25, 0.3) is 0 Å². The number of carbonyl (C=O) groups excluding carboxylic acids is 1. The molecule has 0 bridgehead atoms. The number of nitrogens with zero attached hydrogens (tertiary/aromatic N) is 1. The van der Waals surface area contributed by atoms with Gasteiger partial charge in [-0.1, -0.05) is 12.1 Å². The van der Waals surface area contributed by atoms with E-state index in [1.165, 1.54) is 16.0 Å². The topological polar surface area (TPSA) is 51.2 Å². The van der Waals surface area contributed by atoms with Crippen molar-refractivity contribution in [2.24, 2.45) is 5.92 Å². The first-order valence-corrected chi connectivity index (χ1v) is 10.8. The standard InChI is InChI=1S/C22H28N2O2S/c1-2-26-22(25)15-17-7-8-19-16-20(10-9-18(19)14-17)27-13-5-12-24-21-6-3-4-11-23-21/h3-4,6,9-11,16-17H,2,5,7-8,12-15H2,1H3,(H,23,24). The van der Waals surface area contributed by atoms with Crippen LogP contribution in [0.4, 0.5) is 5.82 Å². The van der Waals surface area contributed by atoms with E-state index >= 15 is 0 Å². The van der Waals surface area contributed by atoms with Gasteiger partial charge in [0.15, 0.2) is 0 Å². The van der Waals surface area contributed by atoms with Crippen LogP contribution in [0.5, 0.6) is 0 Å². The molecule has 2 aromatic rings. The molecule has 0 saturated carbocycles. The number of ether oxygens (including phenoxy) is 1. The molecule has 1 aliphatic carbocycles. The molecule has 1 aromatic carbocycles. The Morgan fingerprint density at radius 2 is 2.22 bits per heavy atom. The molecule has 1 heterocycles. The molecule has 0 saturated heterocycles. The third kappa shape index (κ3) is 6.28. The number of hydrogen-bond donors (Lipinski definition) is 1. The predicted octanol–water partition coefficient (Wildman–Crippen LogP) is 4.73. The maximum absolute atomic E-state index is 11.7. The first kappa shape index (κ1) is 19.7. The molecule has 0 fully saturated rings. The Hall–Kier alpha value is -2.01. The Kier molecular flexibility index (Phi) is 7.57. The zero-order chi connectivity index (χ0) is 18.9. The van der Waals surface area contributed by atoms with E-state index in [0.717, 1.165) is 43.8 Å². The van der Waals surface area contributed by atoms with Crippen LogP contribution in [0.3, 0.4) is 0 Å². The molecule has 0 amide bonds. The molecule has 5 heteroatoms. The smallest absolute Gasteiger partial charge is 0.306 e. The highest BCUT2D eigenvalue weighted by atomic mass is 32.2. The van der Waals surface area contributed by atoms with Crippen molar-refractivity contribution in [3.63, 3.8) is 0 Å². The second-order valence-electron chi connectivity index (χ2n) is 6.89. The lowest BCUT2D eigenvalue weighted by Crippen LogP contribution is -2.19. The van der Waals surface area contributed by atoms with E-state index in [-0.39, 0.29) is 5.97 Å². The number of fused-ring (bicyclic) bond motifs is 1. The molecule has 1 aliphatic rings. The van der Waals surface area contributed by atoms with E-state index in [1.807, 2.05) is 43.1 Å². The Balaban J connectivity index is 1.41. The molecule has 144 valence electrons. The lowest BCUT2D eigenvalue weighted by atomic mass is 9.82. The van der Waals surface area contributed by atoms with Gasteiger partial charge in [0.1, 0.15) is 5.82 Å². The lowest BCUT2D eigenvalue weighted by molar-refractivity contribution is -0.144. The number of pyridine rings is 1. The molecule has 1 atom stereocenters. The monoisotopic (exact) mass is 384 g/mol. The molecular weight excluding hydrogens is 356 g/mol.